The fourth-order valence-corrected chi connectivity index (χ4v) is 4.56. The Morgan fingerprint density at radius 3 is 2.26 bits per heavy atom. The van der Waals surface area contributed by atoms with Gasteiger partial charge in [0.15, 0.2) is 5.78 Å². The van der Waals surface area contributed by atoms with Gasteiger partial charge in [0, 0.05) is 35.2 Å². The number of benzene rings is 3. The van der Waals surface area contributed by atoms with Crippen LogP contribution >= 0.6 is 0 Å². The molecule has 3 nitrogen and oxygen atoms in total. The molecule has 3 aromatic carbocycles. The topological polar surface area (TPSA) is 48.6 Å². The summed E-state index contributed by atoms with van der Waals surface area (Å²) in [5.74, 6) is 0.0417. The lowest BCUT2D eigenvalue weighted by molar-refractivity contribution is 0.101. The fraction of sp³-hybridized carbons (Fsp3) is 0.107. The molecule has 2 aromatic heterocycles. The quantitative estimate of drug-likeness (QED) is 0.298. The number of hydrogen-bond acceptors (Lipinski definition) is 1. The van der Waals surface area contributed by atoms with E-state index in [1.54, 1.807) is 6.92 Å². The van der Waals surface area contributed by atoms with Crippen LogP contribution in [0.15, 0.2) is 85.1 Å². The van der Waals surface area contributed by atoms with Crippen LogP contribution < -0.4 is 0 Å². The van der Waals surface area contributed by atoms with E-state index in [2.05, 4.69) is 71.5 Å². The number of nitrogens with one attached hydrogen (secondary N) is 2. The van der Waals surface area contributed by atoms with Crippen molar-refractivity contribution >= 4 is 16.7 Å². The molecule has 5 rings (SSSR count). The van der Waals surface area contributed by atoms with E-state index >= 15 is 0 Å². The molecule has 31 heavy (non-hydrogen) atoms. The third-order valence-corrected chi connectivity index (χ3v) is 5.95. The molecule has 0 amide bonds. The monoisotopic (exact) mass is 404 g/mol. The minimum atomic E-state index is 0.0417. The van der Waals surface area contributed by atoms with Crippen molar-refractivity contribution in [1.82, 2.24) is 9.97 Å². The number of carbonyl (C=O) groups is 1. The second-order valence-corrected chi connectivity index (χ2v) is 7.79. The molecule has 0 aliphatic heterocycles. The Bertz CT molecular complexity index is 1390. The van der Waals surface area contributed by atoms with Crippen molar-refractivity contribution in [2.75, 3.05) is 0 Å². The van der Waals surface area contributed by atoms with E-state index in [1.807, 2.05) is 30.5 Å². The van der Waals surface area contributed by atoms with Gasteiger partial charge in [-0.1, -0.05) is 73.7 Å². The Kier molecular flexibility index (Phi) is 4.79. The molecule has 2 heterocycles. The zero-order chi connectivity index (χ0) is 21.4. The first kappa shape index (κ1) is 19.1. The van der Waals surface area contributed by atoms with Crippen LogP contribution in [-0.4, -0.2) is 15.8 Å². The molecule has 5 aromatic rings. The van der Waals surface area contributed by atoms with Gasteiger partial charge in [-0.05, 0) is 40.8 Å². The number of fused-ring (bicyclic) bond motifs is 1. The predicted molar refractivity (Wildman–Crippen MR) is 128 cm³/mol. The predicted octanol–water partition coefficient (Wildman–Crippen LogP) is 7.26. The van der Waals surface area contributed by atoms with Crippen LogP contribution in [0.5, 0.6) is 0 Å². The van der Waals surface area contributed by atoms with Crippen LogP contribution in [0, 0.1) is 0 Å². The van der Waals surface area contributed by atoms with Gasteiger partial charge in [-0.2, -0.15) is 0 Å². The highest BCUT2D eigenvalue weighted by Gasteiger charge is 2.24. The lowest BCUT2D eigenvalue weighted by atomic mass is 9.89. The van der Waals surface area contributed by atoms with Gasteiger partial charge in [0.05, 0.1) is 11.4 Å². The number of Topliss-reactive ketones (excluding diaryl/α,β-unsaturated/α-hetero) is 1. The summed E-state index contributed by atoms with van der Waals surface area (Å²) in [5, 5.41) is 1.15. The molecular weight excluding hydrogens is 380 g/mol. The first-order chi connectivity index (χ1) is 15.2. The van der Waals surface area contributed by atoms with Crippen molar-refractivity contribution < 1.29 is 4.79 Å². The van der Waals surface area contributed by atoms with Crippen LogP contribution in [0.3, 0.4) is 0 Å². The van der Waals surface area contributed by atoms with E-state index < -0.39 is 0 Å². The molecule has 0 unspecified atom stereocenters. The van der Waals surface area contributed by atoms with Gasteiger partial charge in [-0.25, -0.2) is 0 Å². The molecule has 0 saturated heterocycles. The Labute approximate surface area is 181 Å². The summed E-state index contributed by atoms with van der Waals surface area (Å²) in [5.41, 5.74) is 9.43. The molecule has 152 valence electrons. The van der Waals surface area contributed by atoms with Crippen LogP contribution in [0.4, 0.5) is 0 Å². The number of aromatic amines is 2. The molecule has 0 aliphatic rings. The Morgan fingerprint density at radius 1 is 0.806 bits per heavy atom. The van der Waals surface area contributed by atoms with Gasteiger partial charge in [0.25, 0.3) is 0 Å². The van der Waals surface area contributed by atoms with Gasteiger partial charge >= 0.3 is 0 Å². The maximum absolute atomic E-state index is 12.8. The van der Waals surface area contributed by atoms with Crippen molar-refractivity contribution in [3.05, 3.63) is 96.3 Å². The summed E-state index contributed by atoms with van der Waals surface area (Å²) in [6.07, 6.45) is 2.78. The zero-order valence-corrected chi connectivity index (χ0v) is 17.7. The number of H-pyrrole nitrogens is 2. The summed E-state index contributed by atoms with van der Waals surface area (Å²) < 4.78 is 0. The summed E-state index contributed by atoms with van der Waals surface area (Å²) in [6.45, 7) is 3.79. The van der Waals surface area contributed by atoms with Gasteiger partial charge in [-0.3, -0.25) is 4.79 Å². The van der Waals surface area contributed by atoms with Crippen LogP contribution in [0.2, 0.25) is 0 Å². The molecule has 3 heteroatoms. The molecule has 0 radical (unpaired) electrons. The standard InChI is InChI=1S/C28H24N2O/c1-3-20-26(23-13-8-7-12-21(23)19-10-5-4-6-11-19)27(18(2)31)30-28(20)24-14-9-15-25-22(24)16-17-29-25/h4-17,29-30H,3H2,1-2H3. The van der Waals surface area contributed by atoms with E-state index in [0.29, 0.717) is 5.69 Å². The van der Waals surface area contributed by atoms with Gasteiger partial charge < -0.3 is 9.97 Å². The van der Waals surface area contributed by atoms with Crippen molar-refractivity contribution in [3.63, 3.8) is 0 Å². The van der Waals surface area contributed by atoms with Gasteiger partial charge in [-0.15, -0.1) is 0 Å². The first-order valence-corrected chi connectivity index (χ1v) is 10.7. The SMILES string of the molecule is CCc1c(-c2cccc3[nH]ccc23)[nH]c(C(C)=O)c1-c1ccccc1-c1ccccc1. The molecule has 0 fully saturated rings. The van der Waals surface area contributed by atoms with Crippen LogP contribution in [0.1, 0.15) is 29.9 Å². The number of aromatic nitrogens is 2. The number of rotatable bonds is 5. The van der Waals surface area contributed by atoms with Crippen molar-refractivity contribution in [2.45, 2.75) is 20.3 Å². The first-order valence-electron chi connectivity index (χ1n) is 10.7. The molecule has 0 atom stereocenters. The average Bonchev–Trinajstić information content (AvgIpc) is 3.44. The molecule has 2 N–H and O–H groups in total. The molecular formula is C28H24N2O. The highest BCUT2D eigenvalue weighted by atomic mass is 16.1. The van der Waals surface area contributed by atoms with E-state index in [-0.39, 0.29) is 5.78 Å². The van der Waals surface area contributed by atoms with Crippen molar-refractivity contribution in [1.29, 1.82) is 0 Å². The highest BCUT2D eigenvalue weighted by Crippen LogP contribution is 2.42. The highest BCUT2D eigenvalue weighted by molar-refractivity contribution is 6.06. The van der Waals surface area contributed by atoms with Crippen LogP contribution in [0.25, 0.3) is 44.4 Å². The van der Waals surface area contributed by atoms with E-state index in [9.17, 15) is 4.79 Å². The summed E-state index contributed by atoms with van der Waals surface area (Å²) >= 11 is 0. The summed E-state index contributed by atoms with van der Waals surface area (Å²) in [6, 6.07) is 27.1. The second kappa shape index (κ2) is 7.77. The zero-order valence-electron chi connectivity index (χ0n) is 17.7. The second-order valence-electron chi connectivity index (χ2n) is 7.79. The minimum Gasteiger partial charge on any atom is -0.361 e. The smallest absolute Gasteiger partial charge is 0.176 e. The number of ketones is 1. The van der Waals surface area contributed by atoms with Crippen molar-refractivity contribution in [3.8, 4) is 33.5 Å². The maximum atomic E-state index is 12.8. The number of hydrogen-bond donors (Lipinski definition) is 2. The van der Waals surface area contributed by atoms with Gasteiger partial charge in [0.2, 0.25) is 0 Å². The Balaban J connectivity index is 1.82. The lowest BCUT2D eigenvalue weighted by Crippen LogP contribution is -1.97. The molecule has 0 spiro atoms. The van der Waals surface area contributed by atoms with E-state index in [4.69, 9.17) is 0 Å². The lowest BCUT2D eigenvalue weighted by Gasteiger charge is -2.13. The summed E-state index contributed by atoms with van der Waals surface area (Å²) in [4.78, 5) is 19.6. The maximum Gasteiger partial charge on any atom is 0.176 e. The fourth-order valence-electron chi connectivity index (χ4n) is 4.56. The molecule has 0 saturated carbocycles. The Morgan fingerprint density at radius 2 is 1.52 bits per heavy atom. The normalized spacial score (nSPS) is 11.2. The Hall–Kier alpha value is -3.85. The number of carbonyl (C=O) groups excluding carboxylic acids is 1. The third kappa shape index (κ3) is 3.19. The van der Waals surface area contributed by atoms with Crippen molar-refractivity contribution in [2.24, 2.45) is 0 Å². The summed E-state index contributed by atoms with van der Waals surface area (Å²) in [7, 11) is 0. The van der Waals surface area contributed by atoms with Crippen LogP contribution in [-0.2, 0) is 6.42 Å². The van der Waals surface area contributed by atoms with E-state index in [1.165, 1.54) is 5.56 Å². The van der Waals surface area contributed by atoms with Gasteiger partial charge in [0.1, 0.15) is 0 Å². The largest absolute Gasteiger partial charge is 0.361 e. The molecule has 0 aliphatic carbocycles. The molecule has 0 bridgehead atoms. The minimum absolute atomic E-state index is 0.0417. The average molecular weight is 405 g/mol. The van der Waals surface area contributed by atoms with E-state index in [0.717, 1.165) is 50.8 Å². The third-order valence-electron chi connectivity index (χ3n) is 5.95.